The van der Waals surface area contributed by atoms with E-state index in [1.807, 2.05) is 7.05 Å². The molecule has 4 heteroatoms. The lowest BCUT2D eigenvalue weighted by Gasteiger charge is -2.34. The number of nitrogens with zero attached hydrogens (tertiary/aromatic N) is 2. The zero-order chi connectivity index (χ0) is 15.7. The first-order chi connectivity index (χ1) is 10.0. The molecule has 2 N–H and O–H groups in total. The molecule has 1 aliphatic rings. The molecule has 1 fully saturated rings. The molecule has 3 unspecified atom stereocenters. The molecule has 124 valence electrons. The number of nitrogens with one attached hydrogen (secondary N) is 2. The fourth-order valence-electron chi connectivity index (χ4n) is 3.17. The maximum atomic E-state index is 4.27. The Balaban J connectivity index is 2.11. The third-order valence-electron chi connectivity index (χ3n) is 4.36. The summed E-state index contributed by atoms with van der Waals surface area (Å²) in [6, 6.07) is 0.479. The number of hydrogen-bond donors (Lipinski definition) is 2. The Hall–Kier alpha value is -0.770. The highest BCUT2D eigenvalue weighted by Crippen LogP contribution is 2.20. The summed E-state index contributed by atoms with van der Waals surface area (Å²) in [7, 11) is 1.84. The van der Waals surface area contributed by atoms with Gasteiger partial charge in [0.1, 0.15) is 0 Å². The lowest BCUT2D eigenvalue weighted by Crippen LogP contribution is -2.42. The van der Waals surface area contributed by atoms with Crippen molar-refractivity contribution in [3.8, 4) is 0 Å². The van der Waals surface area contributed by atoms with Gasteiger partial charge >= 0.3 is 0 Å². The van der Waals surface area contributed by atoms with Crippen molar-refractivity contribution in [3.05, 3.63) is 0 Å². The van der Waals surface area contributed by atoms with Crippen LogP contribution in [0, 0.1) is 11.8 Å². The van der Waals surface area contributed by atoms with E-state index in [0.717, 1.165) is 30.8 Å². The first kappa shape index (κ1) is 18.3. The van der Waals surface area contributed by atoms with Gasteiger partial charge in [0.15, 0.2) is 5.96 Å². The van der Waals surface area contributed by atoms with Crippen molar-refractivity contribution in [1.82, 2.24) is 15.5 Å². The van der Waals surface area contributed by atoms with Gasteiger partial charge in [0.05, 0.1) is 0 Å². The summed E-state index contributed by atoms with van der Waals surface area (Å²) in [5, 5.41) is 6.81. The van der Waals surface area contributed by atoms with Crippen LogP contribution in [0.25, 0.3) is 0 Å². The lowest BCUT2D eigenvalue weighted by molar-refractivity contribution is 0.139. The third-order valence-corrected chi connectivity index (χ3v) is 4.36. The molecule has 0 amide bonds. The summed E-state index contributed by atoms with van der Waals surface area (Å²) in [5.41, 5.74) is 0. The van der Waals surface area contributed by atoms with Gasteiger partial charge in [-0.1, -0.05) is 20.8 Å². The predicted molar refractivity (Wildman–Crippen MR) is 92.9 cm³/mol. The van der Waals surface area contributed by atoms with Crippen LogP contribution in [0.3, 0.4) is 0 Å². The topological polar surface area (TPSA) is 39.7 Å². The molecular formula is C17H36N4. The van der Waals surface area contributed by atoms with Crippen LogP contribution >= 0.6 is 0 Å². The quantitative estimate of drug-likeness (QED) is 0.431. The number of unbranched alkanes of at least 4 members (excludes halogenated alkanes) is 1. The Morgan fingerprint density at radius 1 is 1.24 bits per heavy atom. The van der Waals surface area contributed by atoms with E-state index < -0.39 is 0 Å². The molecule has 1 aliphatic heterocycles. The fraction of sp³-hybridized carbons (Fsp3) is 0.941. The second-order valence-electron chi connectivity index (χ2n) is 6.87. The summed E-state index contributed by atoms with van der Waals surface area (Å²) in [4.78, 5) is 6.91. The number of piperidine rings is 1. The largest absolute Gasteiger partial charge is 0.356 e. The zero-order valence-electron chi connectivity index (χ0n) is 14.8. The minimum absolute atomic E-state index is 0.479. The SMILES string of the molecule is CCC(C)NC(=NC)NCCCCN1CC(C)CC(C)C1. The highest BCUT2D eigenvalue weighted by atomic mass is 15.2. The van der Waals surface area contributed by atoms with Gasteiger partial charge in [-0.25, -0.2) is 0 Å². The molecule has 3 atom stereocenters. The van der Waals surface area contributed by atoms with Crippen LogP contribution in [0.15, 0.2) is 4.99 Å². The molecule has 0 aliphatic carbocycles. The molecule has 0 radical (unpaired) electrons. The standard InChI is InChI=1S/C17H36N4/c1-6-16(4)20-17(18-5)19-9-7-8-10-21-12-14(2)11-15(3)13-21/h14-16H,6-13H2,1-5H3,(H2,18,19,20). The van der Waals surface area contributed by atoms with E-state index in [4.69, 9.17) is 0 Å². The van der Waals surface area contributed by atoms with Gasteiger partial charge in [-0.15, -0.1) is 0 Å². The van der Waals surface area contributed by atoms with E-state index in [1.165, 1.54) is 38.9 Å². The van der Waals surface area contributed by atoms with Gasteiger partial charge in [-0.3, -0.25) is 4.99 Å². The summed E-state index contributed by atoms with van der Waals surface area (Å²) >= 11 is 0. The second-order valence-corrected chi connectivity index (χ2v) is 6.87. The van der Waals surface area contributed by atoms with Gasteiger partial charge < -0.3 is 15.5 Å². The summed E-state index contributed by atoms with van der Waals surface area (Å²) < 4.78 is 0. The molecule has 21 heavy (non-hydrogen) atoms. The molecule has 1 heterocycles. The van der Waals surface area contributed by atoms with Crippen LogP contribution in [0.4, 0.5) is 0 Å². The summed E-state index contributed by atoms with van der Waals surface area (Å²) in [6.07, 6.45) is 4.99. The van der Waals surface area contributed by atoms with E-state index in [1.54, 1.807) is 0 Å². The minimum atomic E-state index is 0.479. The predicted octanol–water partition coefficient (Wildman–Crippen LogP) is 2.71. The lowest BCUT2D eigenvalue weighted by atomic mass is 9.92. The van der Waals surface area contributed by atoms with E-state index in [0.29, 0.717) is 6.04 Å². The Kier molecular flexibility index (Phi) is 8.74. The minimum Gasteiger partial charge on any atom is -0.356 e. The van der Waals surface area contributed by atoms with Crippen molar-refractivity contribution in [3.63, 3.8) is 0 Å². The van der Waals surface area contributed by atoms with Crippen LogP contribution in [0.1, 0.15) is 53.4 Å². The van der Waals surface area contributed by atoms with Crippen molar-refractivity contribution < 1.29 is 0 Å². The van der Waals surface area contributed by atoms with Gasteiger partial charge in [-0.2, -0.15) is 0 Å². The van der Waals surface area contributed by atoms with Crippen molar-refractivity contribution in [2.24, 2.45) is 16.8 Å². The summed E-state index contributed by atoms with van der Waals surface area (Å²) in [5.74, 6) is 2.67. The van der Waals surface area contributed by atoms with Crippen LogP contribution in [-0.4, -0.2) is 50.1 Å². The first-order valence-corrected chi connectivity index (χ1v) is 8.74. The van der Waals surface area contributed by atoms with Crippen LogP contribution in [-0.2, 0) is 0 Å². The Bertz CT molecular complexity index is 293. The Morgan fingerprint density at radius 2 is 1.90 bits per heavy atom. The Morgan fingerprint density at radius 3 is 2.48 bits per heavy atom. The van der Waals surface area contributed by atoms with Gasteiger partial charge in [0.2, 0.25) is 0 Å². The van der Waals surface area contributed by atoms with Crippen LogP contribution in [0.5, 0.6) is 0 Å². The van der Waals surface area contributed by atoms with Gasteiger partial charge in [-0.05, 0) is 51.0 Å². The fourth-order valence-corrected chi connectivity index (χ4v) is 3.17. The molecule has 0 aromatic carbocycles. The van der Waals surface area contributed by atoms with Crippen molar-refractivity contribution in [1.29, 1.82) is 0 Å². The van der Waals surface area contributed by atoms with Crippen LogP contribution in [0.2, 0.25) is 0 Å². The average molecular weight is 297 g/mol. The molecule has 0 aromatic heterocycles. The van der Waals surface area contributed by atoms with Crippen molar-refractivity contribution >= 4 is 5.96 Å². The number of guanidine groups is 1. The maximum absolute atomic E-state index is 4.27. The highest BCUT2D eigenvalue weighted by molar-refractivity contribution is 5.79. The second kappa shape index (κ2) is 10.0. The van der Waals surface area contributed by atoms with Crippen molar-refractivity contribution in [2.45, 2.75) is 59.4 Å². The maximum Gasteiger partial charge on any atom is 0.191 e. The molecule has 0 bridgehead atoms. The molecule has 1 rings (SSSR count). The number of aliphatic imine (C=N–C) groups is 1. The normalized spacial score (nSPS) is 25.7. The van der Waals surface area contributed by atoms with Crippen molar-refractivity contribution in [2.75, 3.05) is 33.2 Å². The van der Waals surface area contributed by atoms with Gasteiger partial charge in [0, 0.05) is 32.7 Å². The third kappa shape index (κ3) is 7.70. The highest BCUT2D eigenvalue weighted by Gasteiger charge is 2.20. The molecule has 0 aromatic rings. The average Bonchev–Trinajstić information content (AvgIpc) is 2.44. The Labute approximate surface area is 131 Å². The smallest absolute Gasteiger partial charge is 0.191 e. The first-order valence-electron chi connectivity index (χ1n) is 8.74. The molecule has 4 nitrogen and oxygen atoms in total. The molecule has 1 saturated heterocycles. The monoisotopic (exact) mass is 296 g/mol. The van der Waals surface area contributed by atoms with Gasteiger partial charge in [0.25, 0.3) is 0 Å². The van der Waals surface area contributed by atoms with E-state index >= 15 is 0 Å². The van der Waals surface area contributed by atoms with Crippen LogP contribution < -0.4 is 10.6 Å². The summed E-state index contributed by atoms with van der Waals surface area (Å²) in [6.45, 7) is 14.0. The molecule has 0 saturated carbocycles. The molecular weight excluding hydrogens is 260 g/mol. The number of rotatable bonds is 7. The number of likely N-dealkylation sites (tertiary alicyclic amines) is 1. The molecule has 0 spiro atoms. The number of hydrogen-bond acceptors (Lipinski definition) is 2. The van der Waals surface area contributed by atoms with E-state index in [2.05, 4.69) is 48.2 Å². The zero-order valence-corrected chi connectivity index (χ0v) is 14.8. The van der Waals surface area contributed by atoms with E-state index in [-0.39, 0.29) is 0 Å². The van der Waals surface area contributed by atoms with E-state index in [9.17, 15) is 0 Å².